The van der Waals surface area contributed by atoms with Gasteiger partial charge in [0.15, 0.2) is 11.6 Å². The van der Waals surface area contributed by atoms with Gasteiger partial charge in [0.2, 0.25) is 0 Å². The van der Waals surface area contributed by atoms with E-state index in [1.165, 1.54) is 12.1 Å². The second kappa shape index (κ2) is 4.84. The molecule has 0 amide bonds. The Morgan fingerprint density at radius 2 is 1.00 bits per heavy atom. The zero-order chi connectivity index (χ0) is 15.1. The van der Waals surface area contributed by atoms with Crippen LogP contribution in [0.15, 0.2) is 60.7 Å². The summed E-state index contributed by atoms with van der Waals surface area (Å²) in [5.41, 5.74) is 1.07. The number of pyridine rings is 2. The maximum absolute atomic E-state index is 14.3. The van der Waals surface area contributed by atoms with Crippen LogP contribution in [-0.4, -0.2) is 9.97 Å². The molecule has 2 heterocycles. The first kappa shape index (κ1) is 12.8. The Morgan fingerprint density at radius 3 is 1.45 bits per heavy atom. The van der Waals surface area contributed by atoms with Gasteiger partial charge in [0, 0.05) is 10.8 Å². The molecular formula is C18H10F2N2. The van der Waals surface area contributed by atoms with Gasteiger partial charge in [0.05, 0.1) is 11.0 Å². The number of rotatable bonds is 1. The maximum atomic E-state index is 14.3. The van der Waals surface area contributed by atoms with Crippen LogP contribution in [0, 0.1) is 11.6 Å². The molecule has 4 heteroatoms. The first-order valence-electron chi connectivity index (χ1n) is 6.83. The van der Waals surface area contributed by atoms with Crippen molar-refractivity contribution in [3.8, 4) is 11.4 Å². The van der Waals surface area contributed by atoms with Crippen molar-refractivity contribution in [3.63, 3.8) is 0 Å². The molecule has 2 aromatic carbocycles. The van der Waals surface area contributed by atoms with Gasteiger partial charge in [-0.05, 0) is 24.3 Å². The monoisotopic (exact) mass is 292 g/mol. The quantitative estimate of drug-likeness (QED) is 0.507. The summed E-state index contributed by atoms with van der Waals surface area (Å²) in [6.45, 7) is 0. The Kier molecular flexibility index (Phi) is 2.82. The lowest BCUT2D eigenvalue weighted by molar-refractivity contribution is 0.610. The number of hydrogen-bond acceptors (Lipinski definition) is 2. The number of halogens is 2. The smallest absolute Gasteiger partial charge is 0.151 e. The van der Waals surface area contributed by atoms with Crippen LogP contribution in [0.1, 0.15) is 0 Å². The molecule has 0 saturated heterocycles. The van der Waals surface area contributed by atoms with Gasteiger partial charge in [-0.15, -0.1) is 0 Å². The molecule has 4 rings (SSSR count). The highest BCUT2D eigenvalue weighted by Gasteiger charge is 2.16. The van der Waals surface area contributed by atoms with Crippen molar-refractivity contribution in [2.24, 2.45) is 0 Å². The molecule has 0 fully saturated rings. The fraction of sp³-hybridized carbons (Fsp3) is 0. The summed E-state index contributed by atoms with van der Waals surface area (Å²) < 4.78 is 28.6. The van der Waals surface area contributed by atoms with Crippen molar-refractivity contribution in [1.82, 2.24) is 9.97 Å². The van der Waals surface area contributed by atoms with E-state index in [-0.39, 0.29) is 11.4 Å². The van der Waals surface area contributed by atoms with E-state index >= 15 is 0 Å². The minimum absolute atomic E-state index is 0.0676. The van der Waals surface area contributed by atoms with Gasteiger partial charge in [0.25, 0.3) is 0 Å². The molecule has 0 aliphatic heterocycles. The Morgan fingerprint density at radius 1 is 0.591 bits per heavy atom. The molecule has 0 atom stereocenters. The average Bonchev–Trinajstić information content (AvgIpc) is 2.54. The topological polar surface area (TPSA) is 25.8 Å². The van der Waals surface area contributed by atoms with Crippen LogP contribution in [-0.2, 0) is 0 Å². The molecule has 0 radical (unpaired) electrons. The van der Waals surface area contributed by atoms with Crippen LogP contribution in [0.25, 0.3) is 33.2 Å². The molecule has 0 saturated carbocycles. The van der Waals surface area contributed by atoms with Gasteiger partial charge in [-0.1, -0.05) is 36.4 Å². The molecule has 0 N–H and O–H groups in total. The number of fused-ring (bicyclic) bond motifs is 2. The SMILES string of the molecule is Fc1cc2ccccc2nc1-c1nc2ccccc2cc1F. The van der Waals surface area contributed by atoms with Crippen LogP contribution >= 0.6 is 0 Å². The number of para-hydroxylation sites is 2. The van der Waals surface area contributed by atoms with E-state index in [4.69, 9.17) is 0 Å². The van der Waals surface area contributed by atoms with Gasteiger partial charge in [-0.3, -0.25) is 0 Å². The molecular weight excluding hydrogens is 282 g/mol. The number of benzene rings is 2. The van der Waals surface area contributed by atoms with Gasteiger partial charge in [0.1, 0.15) is 11.4 Å². The van der Waals surface area contributed by atoms with E-state index in [9.17, 15) is 8.78 Å². The molecule has 2 nitrogen and oxygen atoms in total. The molecule has 0 unspecified atom stereocenters. The predicted molar refractivity (Wildman–Crippen MR) is 82.4 cm³/mol. The average molecular weight is 292 g/mol. The third kappa shape index (κ3) is 2.00. The third-order valence-corrected chi connectivity index (χ3v) is 3.58. The largest absolute Gasteiger partial charge is 0.243 e. The summed E-state index contributed by atoms with van der Waals surface area (Å²) in [7, 11) is 0. The minimum Gasteiger partial charge on any atom is -0.243 e. The lowest BCUT2D eigenvalue weighted by Crippen LogP contribution is -1.97. The zero-order valence-electron chi connectivity index (χ0n) is 11.4. The second-order valence-electron chi connectivity index (χ2n) is 5.02. The molecule has 2 aromatic heterocycles. The number of hydrogen-bond donors (Lipinski definition) is 0. The number of aromatic nitrogens is 2. The molecule has 0 bridgehead atoms. The lowest BCUT2D eigenvalue weighted by atomic mass is 10.1. The predicted octanol–water partition coefficient (Wildman–Crippen LogP) is 4.73. The van der Waals surface area contributed by atoms with E-state index in [2.05, 4.69) is 9.97 Å². The lowest BCUT2D eigenvalue weighted by Gasteiger charge is -2.07. The van der Waals surface area contributed by atoms with Gasteiger partial charge in [-0.25, -0.2) is 18.7 Å². The van der Waals surface area contributed by atoms with Gasteiger partial charge >= 0.3 is 0 Å². The second-order valence-corrected chi connectivity index (χ2v) is 5.02. The Bertz CT molecular complexity index is 929. The fourth-order valence-corrected chi connectivity index (χ4v) is 2.51. The molecule has 106 valence electrons. The van der Waals surface area contributed by atoms with Crippen molar-refractivity contribution in [2.45, 2.75) is 0 Å². The summed E-state index contributed by atoms with van der Waals surface area (Å²) in [6, 6.07) is 17.0. The Labute approximate surface area is 125 Å². The van der Waals surface area contributed by atoms with Crippen LogP contribution in [0.4, 0.5) is 8.78 Å². The summed E-state index contributed by atoms with van der Waals surface area (Å²) in [5, 5.41) is 1.34. The van der Waals surface area contributed by atoms with E-state index in [1.54, 1.807) is 48.5 Å². The first-order chi connectivity index (χ1) is 10.7. The van der Waals surface area contributed by atoms with Crippen LogP contribution in [0.3, 0.4) is 0 Å². The molecule has 4 aromatic rings. The highest BCUT2D eigenvalue weighted by molar-refractivity contribution is 5.84. The highest BCUT2D eigenvalue weighted by Crippen LogP contribution is 2.27. The van der Waals surface area contributed by atoms with Crippen molar-refractivity contribution in [1.29, 1.82) is 0 Å². The third-order valence-electron chi connectivity index (χ3n) is 3.58. The molecule has 0 aliphatic carbocycles. The zero-order valence-corrected chi connectivity index (χ0v) is 11.4. The number of nitrogens with zero attached hydrogens (tertiary/aromatic N) is 2. The summed E-state index contributed by atoms with van der Waals surface area (Å²) in [6.07, 6.45) is 0. The van der Waals surface area contributed by atoms with E-state index < -0.39 is 11.6 Å². The molecule has 22 heavy (non-hydrogen) atoms. The van der Waals surface area contributed by atoms with Gasteiger partial charge in [-0.2, -0.15) is 0 Å². The summed E-state index contributed by atoms with van der Waals surface area (Å²) >= 11 is 0. The van der Waals surface area contributed by atoms with Crippen molar-refractivity contribution < 1.29 is 8.78 Å². The van der Waals surface area contributed by atoms with E-state index in [0.29, 0.717) is 21.8 Å². The Hall–Kier alpha value is -2.88. The van der Waals surface area contributed by atoms with Crippen LogP contribution in [0.5, 0.6) is 0 Å². The van der Waals surface area contributed by atoms with Gasteiger partial charge < -0.3 is 0 Å². The highest BCUT2D eigenvalue weighted by atomic mass is 19.1. The fourth-order valence-electron chi connectivity index (χ4n) is 2.51. The first-order valence-corrected chi connectivity index (χ1v) is 6.83. The normalized spacial score (nSPS) is 11.2. The minimum atomic E-state index is -0.583. The maximum Gasteiger partial charge on any atom is 0.151 e. The van der Waals surface area contributed by atoms with Crippen molar-refractivity contribution in [3.05, 3.63) is 72.3 Å². The molecule has 0 spiro atoms. The summed E-state index contributed by atoms with van der Waals surface area (Å²) in [4.78, 5) is 8.47. The van der Waals surface area contributed by atoms with Crippen LogP contribution in [0.2, 0.25) is 0 Å². The van der Waals surface area contributed by atoms with E-state index in [0.717, 1.165) is 0 Å². The standard InChI is InChI=1S/C18H10F2N2/c19-13-9-11-5-1-3-7-15(11)21-17(13)18-14(20)10-12-6-2-4-8-16(12)22-18/h1-10H. The van der Waals surface area contributed by atoms with E-state index in [1.807, 2.05) is 0 Å². The van der Waals surface area contributed by atoms with Crippen LogP contribution < -0.4 is 0 Å². The molecule has 0 aliphatic rings. The van der Waals surface area contributed by atoms with Crippen molar-refractivity contribution in [2.75, 3.05) is 0 Å². The summed E-state index contributed by atoms with van der Waals surface area (Å²) in [5.74, 6) is -1.17. The van der Waals surface area contributed by atoms with Crippen molar-refractivity contribution >= 4 is 21.8 Å². The Balaban J connectivity index is 2.02.